The molecule has 2 saturated carbocycles. The summed E-state index contributed by atoms with van der Waals surface area (Å²) >= 11 is 0. The number of carboxylic acids is 1. The zero-order chi connectivity index (χ0) is 20.1. The molecular formula is C22H28NaO6+. The molecule has 3 aliphatic rings. The fourth-order valence-corrected chi connectivity index (χ4v) is 6.16. The molecule has 0 bridgehead atoms. The molecule has 0 heterocycles. The average molecular weight is 411 g/mol. The number of hydrogen-bond acceptors (Lipinski definition) is 5. The number of carbonyl (C=O) groups excluding carboxylic acids is 1. The Kier molecular flexibility index (Phi) is 6.68. The van der Waals surface area contributed by atoms with E-state index in [1.165, 1.54) is 11.1 Å². The van der Waals surface area contributed by atoms with Crippen LogP contribution in [0.2, 0.25) is 0 Å². The van der Waals surface area contributed by atoms with Gasteiger partial charge in [0.05, 0.1) is 18.9 Å². The summed E-state index contributed by atoms with van der Waals surface area (Å²) in [6, 6.07) is 5.67. The van der Waals surface area contributed by atoms with Gasteiger partial charge in [0.15, 0.2) is 0 Å². The molecule has 4 rings (SSSR count). The molecule has 6 atom stereocenters. The van der Waals surface area contributed by atoms with Crippen molar-refractivity contribution in [1.29, 1.82) is 0 Å². The number of aryl methyl sites for hydroxylation is 1. The van der Waals surface area contributed by atoms with Crippen molar-refractivity contribution in [2.24, 2.45) is 17.3 Å². The van der Waals surface area contributed by atoms with Gasteiger partial charge in [0, 0.05) is 5.41 Å². The van der Waals surface area contributed by atoms with Gasteiger partial charge in [0.25, 0.3) is 0 Å². The minimum absolute atomic E-state index is 0. The van der Waals surface area contributed by atoms with Crippen molar-refractivity contribution < 1.29 is 59.2 Å². The number of carbonyl (C=O) groups is 2. The smallest absolute Gasteiger partial charge is 0.508 e. The quantitative estimate of drug-likeness (QED) is 0.476. The van der Waals surface area contributed by atoms with Crippen molar-refractivity contribution in [3.63, 3.8) is 0 Å². The summed E-state index contributed by atoms with van der Waals surface area (Å²) in [5.41, 5.74) is 2.25. The van der Waals surface area contributed by atoms with Crippen LogP contribution in [-0.4, -0.2) is 39.5 Å². The summed E-state index contributed by atoms with van der Waals surface area (Å²) < 4.78 is 5.63. The molecule has 6 nitrogen and oxygen atoms in total. The van der Waals surface area contributed by atoms with Crippen LogP contribution in [0.5, 0.6) is 5.75 Å². The summed E-state index contributed by atoms with van der Waals surface area (Å²) in [5.74, 6) is -0.160. The maximum atomic E-state index is 12.1. The molecule has 0 spiro atoms. The number of phenols is 1. The van der Waals surface area contributed by atoms with Crippen LogP contribution in [0.4, 0.5) is 0 Å². The van der Waals surface area contributed by atoms with E-state index in [1.807, 2.05) is 12.1 Å². The largest absolute Gasteiger partial charge is 1.00 e. The summed E-state index contributed by atoms with van der Waals surface area (Å²) in [6.07, 6.45) is 2.66. The molecule has 3 N–H and O–H groups in total. The number of rotatable bonds is 4. The Bertz CT molecular complexity index is 796. The number of phenolic OH excluding ortho intramolecular Hbond substituents is 1. The summed E-state index contributed by atoms with van der Waals surface area (Å²) in [5, 5.41) is 29.3. The van der Waals surface area contributed by atoms with Crippen molar-refractivity contribution in [1.82, 2.24) is 0 Å². The van der Waals surface area contributed by atoms with E-state index in [4.69, 9.17) is 9.84 Å². The molecule has 1 aromatic rings. The number of aromatic hydroxyl groups is 1. The van der Waals surface area contributed by atoms with Gasteiger partial charge in [-0.05, 0) is 73.1 Å². The molecule has 29 heavy (non-hydrogen) atoms. The molecule has 0 amide bonds. The number of hydrogen-bond donors (Lipinski definition) is 3. The van der Waals surface area contributed by atoms with Crippen molar-refractivity contribution in [3.8, 4) is 5.75 Å². The van der Waals surface area contributed by atoms with Crippen LogP contribution in [-0.2, 0) is 20.7 Å². The van der Waals surface area contributed by atoms with Crippen LogP contribution in [0.15, 0.2) is 18.2 Å². The Labute approximate surface area is 192 Å². The van der Waals surface area contributed by atoms with E-state index in [2.05, 4.69) is 6.92 Å². The van der Waals surface area contributed by atoms with Gasteiger partial charge < -0.3 is 20.1 Å². The predicted octanol–water partition coefficient (Wildman–Crippen LogP) is -0.000300. The van der Waals surface area contributed by atoms with E-state index in [0.717, 1.165) is 25.7 Å². The zero-order valence-electron chi connectivity index (χ0n) is 17.1. The maximum Gasteiger partial charge on any atom is 1.00 e. The van der Waals surface area contributed by atoms with Crippen LogP contribution >= 0.6 is 0 Å². The molecule has 2 fully saturated rings. The maximum absolute atomic E-state index is 12.1. The Balaban J connectivity index is 0.00000240. The number of benzene rings is 1. The van der Waals surface area contributed by atoms with Crippen LogP contribution < -0.4 is 29.6 Å². The minimum Gasteiger partial charge on any atom is -0.508 e. The van der Waals surface area contributed by atoms with E-state index in [1.54, 1.807) is 6.07 Å². The third-order valence-electron chi connectivity index (χ3n) is 7.44. The molecular weight excluding hydrogens is 383 g/mol. The number of ether oxygens (including phenoxy) is 1. The van der Waals surface area contributed by atoms with Gasteiger partial charge in [0.1, 0.15) is 11.9 Å². The normalized spacial score (nSPS) is 34.9. The third-order valence-corrected chi connectivity index (χ3v) is 7.44. The van der Waals surface area contributed by atoms with Crippen LogP contribution in [0, 0.1) is 17.3 Å². The van der Waals surface area contributed by atoms with Crippen LogP contribution in [0.25, 0.3) is 0 Å². The predicted molar refractivity (Wildman–Crippen MR) is 101 cm³/mol. The van der Waals surface area contributed by atoms with Crippen molar-refractivity contribution in [2.75, 3.05) is 0 Å². The fourth-order valence-electron chi connectivity index (χ4n) is 6.16. The van der Waals surface area contributed by atoms with Crippen molar-refractivity contribution in [2.45, 2.75) is 70.0 Å². The molecule has 7 heteroatoms. The van der Waals surface area contributed by atoms with Gasteiger partial charge in [0.2, 0.25) is 0 Å². The molecule has 0 aromatic heterocycles. The van der Waals surface area contributed by atoms with Crippen LogP contribution in [0.1, 0.15) is 62.5 Å². The third kappa shape index (κ3) is 4.09. The standard InChI is InChI=1S/C22H28O6.Na/c1-22-9-8-15-14-5-3-13(23)10-12(14)2-4-16(15)17(22)11-18(24)21(22)28-20(27)7-6-19(25)26;/h3,5,10,15-18,21,23-24H,2,4,6-9,11H2,1H3,(H,25,26);/q;+1. The number of aliphatic carboxylic acids is 1. The molecule has 0 aliphatic heterocycles. The Morgan fingerprint density at radius 3 is 2.72 bits per heavy atom. The van der Waals surface area contributed by atoms with Crippen molar-refractivity contribution in [3.05, 3.63) is 29.3 Å². The SMILES string of the molecule is CC12CCC3c4ccc(O)cc4CCC3C1CC(O)C2OC(=O)CCC(=O)O.[Na+]. The van der Waals surface area contributed by atoms with Crippen molar-refractivity contribution >= 4 is 11.9 Å². The molecule has 0 saturated heterocycles. The summed E-state index contributed by atoms with van der Waals surface area (Å²) in [6.45, 7) is 2.12. The van der Waals surface area contributed by atoms with E-state index < -0.39 is 24.1 Å². The van der Waals surface area contributed by atoms with E-state index in [0.29, 0.717) is 24.0 Å². The summed E-state index contributed by atoms with van der Waals surface area (Å²) in [4.78, 5) is 22.8. The Morgan fingerprint density at radius 2 is 2.00 bits per heavy atom. The first-order valence-electron chi connectivity index (χ1n) is 10.2. The van der Waals surface area contributed by atoms with Gasteiger partial charge in [-0.3, -0.25) is 9.59 Å². The number of aliphatic hydroxyl groups is 1. The Hall–Kier alpha value is -1.08. The Morgan fingerprint density at radius 1 is 1.24 bits per heavy atom. The van der Waals surface area contributed by atoms with E-state index >= 15 is 0 Å². The topological polar surface area (TPSA) is 104 Å². The zero-order valence-corrected chi connectivity index (χ0v) is 19.1. The van der Waals surface area contributed by atoms with E-state index in [-0.39, 0.29) is 53.7 Å². The molecule has 0 radical (unpaired) electrons. The summed E-state index contributed by atoms with van der Waals surface area (Å²) in [7, 11) is 0. The molecule has 6 unspecified atom stereocenters. The average Bonchev–Trinajstić information content (AvgIpc) is 2.90. The monoisotopic (exact) mass is 411 g/mol. The first-order valence-corrected chi connectivity index (χ1v) is 10.2. The number of carboxylic acid groups (broad SMARTS) is 1. The second-order valence-corrected chi connectivity index (χ2v) is 8.95. The van der Waals surface area contributed by atoms with Gasteiger partial charge in [-0.25, -0.2) is 0 Å². The van der Waals surface area contributed by atoms with Gasteiger partial charge in [-0.2, -0.15) is 0 Å². The first-order chi connectivity index (χ1) is 13.3. The number of esters is 1. The van der Waals surface area contributed by atoms with Crippen LogP contribution in [0.3, 0.4) is 0 Å². The molecule has 3 aliphatic carbocycles. The fraction of sp³-hybridized carbons (Fsp3) is 0.636. The second-order valence-electron chi connectivity index (χ2n) is 8.95. The van der Waals surface area contributed by atoms with Gasteiger partial charge in [-0.15, -0.1) is 0 Å². The minimum atomic E-state index is -1.03. The van der Waals surface area contributed by atoms with Gasteiger partial charge in [-0.1, -0.05) is 13.0 Å². The van der Waals surface area contributed by atoms with E-state index in [9.17, 15) is 19.8 Å². The first kappa shape index (κ1) is 22.6. The molecule has 1 aromatic carbocycles. The number of aliphatic hydroxyl groups excluding tert-OH is 1. The second kappa shape index (κ2) is 8.58. The molecule has 152 valence electrons. The van der Waals surface area contributed by atoms with Gasteiger partial charge >= 0.3 is 41.5 Å². The number of fused-ring (bicyclic) bond motifs is 5.